The summed E-state index contributed by atoms with van der Waals surface area (Å²) < 4.78 is 111. The summed E-state index contributed by atoms with van der Waals surface area (Å²) in [7, 11) is 0. The molecular formula is C7H4F9O. The second-order valence-corrected chi connectivity index (χ2v) is 2.66. The van der Waals surface area contributed by atoms with Crippen molar-refractivity contribution in [1.29, 1.82) is 0 Å². The minimum atomic E-state index is -6.72. The first-order chi connectivity index (χ1) is 7.31. The third kappa shape index (κ3) is 2.67. The molecule has 1 nitrogen and oxygen atoms in total. The van der Waals surface area contributed by atoms with Crippen LogP contribution in [-0.4, -0.2) is 24.1 Å². The van der Waals surface area contributed by atoms with Crippen LogP contribution in [0, 0.1) is 6.61 Å². The van der Waals surface area contributed by atoms with E-state index in [0.717, 1.165) is 0 Å². The number of rotatable bonds is 3. The number of hydrogen-bond acceptors (Lipinski definition) is 1. The summed E-state index contributed by atoms with van der Waals surface area (Å²) in [6, 6.07) is 0. The molecule has 0 aromatic carbocycles. The van der Waals surface area contributed by atoms with E-state index in [9.17, 15) is 39.5 Å². The van der Waals surface area contributed by atoms with Gasteiger partial charge in [0.15, 0.2) is 0 Å². The molecule has 0 unspecified atom stereocenters. The fourth-order valence-corrected chi connectivity index (χ4v) is 0.833. The Bertz CT molecular complexity index is 235. The van der Waals surface area contributed by atoms with E-state index in [4.69, 9.17) is 0 Å². The van der Waals surface area contributed by atoms with Crippen molar-refractivity contribution in [1.82, 2.24) is 0 Å². The first-order valence-corrected chi connectivity index (χ1v) is 3.63. The zero-order valence-corrected chi connectivity index (χ0v) is 7.67. The van der Waals surface area contributed by atoms with Gasteiger partial charge in [-0.15, -0.1) is 6.58 Å². The Labute approximate surface area is 88.8 Å². The van der Waals surface area contributed by atoms with Gasteiger partial charge in [0.2, 0.25) is 0 Å². The topological polar surface area (TPSA) is 9.23 Å². The van der Waals surface area contributed by atoms with Crippen molar-refractivity contribution >= 4 is 0 Å². The second-order valence-electron chi connectivity index (χ2n) is 2.66. The standard InChI is InChI=1S/C7H4F9O/c1-2-3-17-4(5(8,9)10,6(11,12)13)7(14,15)16/h2-3H,1H2. The maximum atomic E-state index is 12.1. The third-order valence-corrected chi connectivity index (χ3v) is 1.54. The largest absolute Gasteiger partial charge is 0.435 e. The van der Waals surface area contributed by atoms with Crippen molar-refractivity contribution in [3.63, 3.8) is 0 Å². The minimum Gasteiger partial charge on any atom is -0.340 e. The SMILES string of the molecule is C=C[CH]OC(C(F)(F)F)(C(F)(F)F)C(F)(F)F. The summed E-state index contributed by atoms with van der Waals surface area (Å²) in [6.07, 6.45) is -19.9. The molecule has 1 radical (unpaired) electrons. The van der Waals surface area contributed by atoms with Crippen LogP contribution >= 0.6 is 0 Å². The summed E-state index contributed by atoms with van der Waals surface area (Å²) in [5.74, 6) is 0. The Balaban J connectivity index is 5.83. The lowest BCUT2D eigenvalue weighted by Gasteiger charge is -2.37. The highest BCUT2D eigenvalue weighted by Gasteiger charge is 2.85. The van der Waals surface area contributed by atoms with Crippen LogP contribution in [0.1, 0.15) is 0 Å². The molecule has 0 aliphatic rings. The summed E-state index contributed by atoms with van der Waals surface area (Å²) in [4.78, 5) is 0. The smallest absolute Gasteiger partial charge is 0.340 e. The quantitative estimate of drug-likeness (QED) is 0.712. The predicted octanol–water partition coefficient (Wildman–Crippen LogP) is 3.78. The van der Waals surface area contributed by atoms with Gasteiger partial charge in [0, 0.05) is 0 Å². The Morgan fingerprint density at radius 3 is 1.18 bits per heavy atom. The maximum Gasteiger partial charge on any atom is 0.435 e. The molecule has 0 saturated heterocycles. The van der Waals surface area contributed by atoms with Gasteiger partial charge in [-0.05, 0) is 0 Å². The Kier molecular flexibility index (Phi) is 4.15. The summed E-state index contributed by atoms with van der Waals surface area (Å²) in [5, 5.41) is 0. The van der Waals surface area contributed by atoms with Gasteiger partial charge in [-0.2, -0.15) is 39.5 Å². The molecule has 0 heterocycles. The van der Waals surface area contributed by atoms with E-state index in [0.29, 0.717) is 0 Å². The van der Waals surface area contributed by atoms with Crippen LogP contribution in [0.15, 0.2) is 12.7 Å². The fourth-order valence-electron chi connectivity index (χ4n) is 0.833. The normalized spacial score (nSPS) is 14.9. The average Bonchev–Trinajstić information content (AvgIpc) is 1.96. The van der Waals surface area contributed by atoms with E-state index in [1.807, 2.05) is 0 Å². The molecule has 0 rings (SSSR count). The number of halogens is 9. The fraction of sp³-hybridized carbons (Fsp3) is 0.571. The van der Waals surface area contributed by atoms with Gasteiger partial charge in [-0.1, -0.05) is 6.08 Å². The van der Waals surface area contributed by atoms with Gasteiger partial charge >= 0.3 is 24.1 Å². The van der Waals surface area contributed by atoms with Crippen molar-refractivity contribution < 1.29 is 44.3 Å². The maximum absolute atomic E-state index is 12.1. The molecule has 0 bridgehead atoms. The van der Waals surface area contributed by atoms with Gasteiger partial charge in [-0.25, -0.2) is 0 Å². The van der Waals surface area contributed by atoms with E-state index in [1.165, 1.54) is 0 Å². The van der Waals surface area contributed by atoms with E-state index in [1.54, 1.807) is 0 Å². The molecule has 0 fully saturated rings. The van der Waals surface area contributed by atoms with Crippen LogP contribution < -0.4 is 0 Å². The molecule has 0 aliphatic heterocycles. The predicted molar refractivity (Wildman–Crippen MR) is 36.5 cm³/mol. The monoisotopic (exact) mass is 275 g/mol. The molecule has 10 heteroatoms. The van der Waals surface area contributed by atoms with Crippen LogP contribution in [0.3, 0.4) is 0 Å². The van der Waals surface area contributed by atoms with Crippen molar-refractivity contribution in [2.75, 3.05) is 0 Å². The Morgan fingerprint density at radius 2 is 1.00 bits per heavy atom. The Morgan fingerprint density at radius 1 is 0.706 bits per heavy atom. The third-order valence-electron chi connectivity index (χ3n) is 1.54. The zero-order valence-electron chi connectivity index (χ0n) is 7.67. The molecule has 0 amide bonds. The van der Waals surface area contributed by atoms with E-state index < -0.39 is 30.7 Å². The van der Waals surface area contributed by atoms with Crippen LogP contribution in [0.4, 0.5) is 39.5 Å². The first kappa shape index (κ1) is 16.1. The highest BCUT2D eigenvalue weighted by atomic mass is 19.4. The van der Waals surface area contributed by atoms with Crippen LogP contribution in [0.25, 0.3) is 0 Å². The van der Waals surface area contributed by atoms with Gasteiger partial charge in [0.1, 0.15) is 6.61 Å². The van der Waals surface area contributed by atoms with E-state index >= 15 is 0 Å². The van der Waals surface area contributed by atoms with Crippen LogP contribution in [-0.2, 0) is 4.74 Å². The van der Waals surface area contributed by atoms with Crippen molar-refractivity contribution in [2.24, 2.45) is 0 Å². The van der Waals surface area contributed by atoms with Crippen molar-refractivity contribution in [3.05, 3.63) is 19.3 Å². The Hall–Kier alpha value is -0.930. The van der Waals surface area contributed by atoms with Crippen molar-refractivity contribution in [3.8, 4) is 0 Å². The molecule has 0 saturated carbocycles. The molecule has 0 N–H and O–H groups in total. The molecular weight excluding hydrogens is 271 g/mol. The lowest BCUT2D eigenvalue weighted by molar-refractivity contribution is -0.450. The van der Waals surface area contributed by atoms with Gasteiger partial charge in [0.25, 0.3) is 0 Å². The number of alkyl halides is 9. The molecule has 0 aliphatic carbocycles. The van der Waals surface area contributed by atoms with Crippen LogP contribution in [0.2, 0.25) is 0 Å². The second kappa shape index (κ2) is 4.39. The van der Waals surface area contributed by atoms with Crippen LogP contribution in [0.5, 0.6) is 0 Å². The summed E-state index contributed by atoms with van der Waals surface area (Å²) in [5.41, 5.74) is -6.26. The number of hydrogen-bond donors (Lipinski definition) is 0. The molecule has 0 spiro atoms. The highest BCUT2D eigenvalue weighted by molar-refractivity contribution is 5.04. The molecule has 17 heavy (non-hydrogen) atoms. The first-order valence-electron chi connectivity index (χ1n) is 3.63. The molecule has 0 atom stereocenters. The molecule has 0 aromatic rings. The zero-order chi connectivity index (χ0) is 14.1. The van der Waals surface area contributed by atoms with Gasteiger partial charge in [-0.3, -0.25) is 0 Å². The van der Waals surface area contributed by atoms with Gasteiger partial charge < -0.3 is 4.74 Å². The van der Waals surface area contributed by atoms with E-state index in [2.05, 4.69) is 11.3 Å². The average molecular weight is 275 g/mol. The number of ether oxygens (including phenoxy) is 1. The summed E-state index contributed by atoms with van der Waals surface area (Å²) in [6.45, 7) is 2.21. The molecule has 101 valence electrons. The van der Waals surface area contributed by atoms with E-state index in [-0.39, 0.29) is 6.08 Å². The lowest BCUT2D eigenvalue weighted by atomic mass is 10.0. The van der Waals surface area contributed by atoms with Crippen molar-refractivity contribution in [2.45, 2.75) is 24.1 Å². The summed E-state index contributed by atoms with van der Waals surface area (Å²) >= 11 is 0. The van der Waals surface area contributed by atoms with Gasteiger partial charge in [0.05, 0.1) is 0 Å². The molecule has 0 aromatic heterocycles. The minimum absolute atomic E-state index is 0.220. The highest BCUT2D eigenvalue weighted by Crippen LogP contribution is 2.55. The lowest BCUT2D eigenvalue weighted by Crippen LogP contribution is -2.67.